The summed E-state index contributed by atoms with van der Waals surface area (Å²) in [5, 5.41) is 0. The summed E-state index contributed by atoms with van der Waals surface area (Å²) in [4.78, 5) is 22.5. The van der Waals surface area contributed by atoms with E-state index in [-0.39, 0.29) is 35.9 Å². The molecule has 1 unspecified atom stereocenters. The number of anilines is 1. The van der Waals surface area contributed by atoms with Crippen LogP contribution in [0.25, 0.3) is 11.2 Å². The van der Waals surface area contributed by atoms with Gasteiger partial charge < -0.3 is 15.0 Å². The molecule has 0 saturated carbocycles. The van der Waals surface area contributed by atoms with Crippen LogP contribution in [0.5, 0.6) is 0 Å². The van der Waals surface area contributed by atoms with E-state index >= 15 is 0 Å². The maximum absolute atomic E-state index is 11.9. The molecule has 0 saturated heterocycles. The standard InChI is InChI=1S/C14H22N5O4P/c1-8(2)22-5-10(6-23-24(21)9(3)4)19-7-16-11-12(19)17-14(15)18-13(11)20/h7-10H,5-6H2,1-4H3,(H2-,15,17,18,20)/p+1/t10-/m0/s1. The van der Waals surface area contributed by atoms with Gasteiger partial charge in [-0.3, -0.25) is 9.78 Å². The zero-order valence-corrected chi connectivity index (χ0v) is 15.1. The first-order valence-corrected chi connectivity index (χ1v) is 8.97. The SMILES string of the molecule is CC(C)OC[C@@H](CO[P+](=O)C(C)C)n1cnc2c(=O)[nH]c(N)nc21. The largest absolute Gasteiger partial charge is 0.510 e. The van der Waals surface area contributed by atoms with Crippen molar-refractivity contribution in [2.45, 2.75) is 45.5 Å². The van der Waals surface area contributed by atoms with Crippen LogP contribution >= 0.6 is 8.03 Å². The summed E-state index contributed by atoms with van der Waals surface area (Å²) < 4.78 is 24.7. The number of nitrogen functional groups attached to an aromatic ring is 1. The zero-order chi connectivity index (χ0) is 17.9. The predicted molar refractivity (Wildman–Crippen MR) is 91.4 cm³/mol. The number of fused-ring (bicyclic) bond motifs is 1. The van der Waals surface area contributed by atoms with Crippen molar-refractivity contribution >= 4 is 25.1 Å². The summed E-state index contributed by atoms with van der Waals surface area (Å²) >= 11 is 0. The summed E-state index contributed by atoms with van der Waals surface area (Å²) in [7, 11) is -1.78. The van der Waals surface area contributed by atoms with Gasteiger partial charge in [-0.1, -0.05) is 0 Å². The van der Waals surface area contributed by atoms with E-state index in [4.69, 9.17) is 15.0 Å². The lowest BCUT2D eigenvalue weighted by Crippen LogP contribution is -2.22. The van der Waals surface area contributed by atoms with E-state index in [2.05, 4.69) is 15.0 Å². The number of H-pyrrole nitrogens is 1. The van der Waals surface area contributed by atoms with Crippen LogP contribution < -0.4 is 11.3 Å². The van der Waals surface area contributed by atoms with Gasteiger partial charge in [0.2, 0.25) is 5.95 Å². The molecule has 0 aliphatic rings. The third-order valence-corrected chi connectivity index (χ3v) is 4.53. The molecule has 0 aromatic carbocycles. The minimum absolute atomic E-state index is 0.00644. The first-order chi connectivity index (χ1) is 11.3. The Morgan fingerprint density at radius 2 is 2.04 bits per heavy atom. The molecule has 0 fully saturated rings. The molecule has 9 nitrogen and oxygen atoms in total. The Bertz CT molecular complexity index is 770. The number of hydrogen-bond donors (Lipinski definition) is 2. The highest BCUT2D eigenvalue weighted by molar-refractivity contribution is 7.39. The molecule has 10 heteroatoms. The fraction of sp³-hybridized carbons (Fsp3) is 0.643. The Morgan fingerprint density at radius 3 is 2.67 bits per heavy atom. The first-order valence-electron chi connectivity index (χ1n) is 7.72. The average molecular weight is 356 g/mol. The highest BCUT2D eigenvalue weighted by atomic mass is 31.1. The van der Waals surface area contributed by atoms with Gasteiger partial charge in [-0.2, -0.15) is 4.98 Å². The Labute approximate surface area is 140 Å². The number of aromatic amines is 1. The van der Waals surface area contributed by atoms with Gasteiger partial charge in [-0.05, 0) is 32.3 Å². The number of nitrogens with zero attached hydrogens (tertiary/aromatic N) is 3. The van der Waals surface area contributed by atoms with Gasteiger partial charge >= 0.3 is 8.03 Å². The van der Waals surface area contributed by atoms with Gasteiger partial charge in [0.05, 0.1) is 25.1 Å². The van der Waals surface area contributed by atoms with Crippen LogP contribution in [0.4, 0.5) is 5.95 Å². The molecule has 2 heterocycles. The van der Waals surface area contributed by atoms with E-state index in [9.17, 15) is 9.36 Å². The number of imidazole rings is 1. The highest BCUT2D eigenvalue weighted by Crippen LogP contribution is 2.30. The van der Waals surface area contributed by atoms with E-state index in [1.165, 1.54) is 6.33 Å². The average Bonchev–Trinajstić information content (AvgIpc) is 2.90. The molecule has 0 bridgehead atoms. The van der Waals surface area contributed by atoms with Crippen molar-refractivity contribution < 1.29 is 13.8 Å². The molecule has 3 N–H and O–H groups in total. The maximum atomic E-state index is 11.9. The molecule has 2 rings (SSSR count). The van der Waals surface area contributed by atoms with Crippen molar-refractivity contribution in [1.29, 1.82) is 0 Å². The van der Waals surface area contributed by atoms with Crippen LogP contribution in [-0.2, 0) is 13.8 Å². The third kappa shape index (κ3) is 4.37. The highest BCUT2D eigenvalue weighted by Gasteiger charge is 2.27. The fourth-order valence-electron chi connectivity index (χ4n) is 2.03. The van der Waals surface area contributed by atoms with Gasteiger partial charge in [-0.25, -0.2) is 4.98 Å². The monoisotopic (exact) mass is 356 g/mol. The summed E-state index contributed by atoms with van der Waals surface area (Å²) in [6.45, 7) is 7.94. The molecular formula is C14H23N5O4P+. The smallest absolute Gasteiger partial charge is 0.377 e. The molecule has 2 aromatic rings. The summed E-state index contributed by atoms with van der Waals surface area (Å²) in [5.41, 5.74) is 5.66. The summed E-state index contributed by atoms with van der Waals surface area (Å²) in [6.07, 6.45) is 1.51. The number of hydrogen-bond acceptors (Lipinski definition) is 7. The van der Waals surface area contributed by atoms with E-state index in [0.29, 0.717) is 12.3 Å². The second-order valence-electron chi connectivity index (χ2n) is 5.99. The summed E-state index contributed by atoms with van der Waals surface area (Å²) in [5.74, 6) is 0.00644. The number of rotatable bonds is 8. The Morgan fingerprint density at radius 1 is 1.33 bits per heavy atom. The van der Waals surface area contributed by atoms with Gasteiger partial charge in [0.15, 0.2) is 16.8 Å². The molecule has 132 valence electrons. The molecule has 0 aliphatic carbocycles. The van der Waals surface area contributed by atoms with E-state index in [0.717, 1.165) is 0 Å². The Balaban J connectivity index is 2.32. The quantitative estimate of drug-likeness (QED) is 0.691. The van der Waals surface area contributed by atoms with Crippen molar-refractivity contribution in [3.8, 4) is 0 Å². The fourth-order valence-corrected chi connectivity index (χ4v) is 2.65. The van der Waals surface area contributed by atoms with Crippen LogP contribution in [0.3, 0.4) is 0 Å². The van der Waals surface area contributed by atoms with Gasteiger partial charge in [0, 0.05) is 0 Å². The normalized spacial score (nSPS) is 13.8. The Hall–Kier alpha value is -1.83. The van der Waals surface area contributed by atoms with Crippen molar-refractivity contribution in [3.63, 3.8) is 0 Å². The van der Waals surface area contributed by atoms with Gasteiger partial charge in [0.1, 0.15) is 6.61 Å². The molecule has 2 atom stereocenters. The lowest BCUT2D eigenvalue weighted by atomic mass is 10.3. The lowest BCUT2D eigenvalue weighted by molar-refractivity contribution is 0.0428. The van der Waals surface area contributed by atoms with Crippen molar-refractivity contribution in [1.82, 2.24) is 19.5 Å². The number of aromatic nitrogens is 4. The minimum Gasteiger partial charge on any atom is -0.377 e. The van der Waals surface area contributed by atoms with Gasteiger partial charge in [-0.15, -0.1) is 4.52 Å². The van der Waals surface area contributed by atoms with Crippen LogP contribution in [-0.4, -0.2) is 44.5 Å². The molecule has 0 radical (unpaired) electrons. The molecule has 24 heavy (non-hydrogen) atoms. The minimum atomic E-state index is -1.78. The molecule has 0 aliphatic heterocycles. The van der Waals surface area contributed by atoms with E-state index < -0.39 is 13.6 Å². The topological polar surface area (TPSA) is 125 Å². The number of nitrogens with two attached hydrogens (primary N) is 1. The van der Waals surface area contributed by atoms with Gasteiger partial charge in [0.25, 0.3) is 5.56 Å². The van der Waals surface area contributed by atoms with Crippen LogP contribution in [0, 0.1) is 0 Å². The third-order valence-electron chi connectivity index (χ3n) is 3.28. The van der Waals surface area contributed by atoms with Crippen LogP contribution in [0.15, 0.2) is 11.1 Å². The first kappa shape index (κ1) is 18.5. The van der Waals surface area contributed by atoms with E-state index in [1.54, 1.807) is 4.57 Å². The summed E-state index contributed by atoms with van der Waals surface area (Å²) in [6, 6.07) is -0.330. The van der Waals surface area contributed by atoms with Crippen molar-refractivity contribution in [2.24, 2.45) is 0 Å². The van der Waals surface area contributed by atoms with Crippen molar-refractivity contribution in [2.75, 3.05) is 18.9 Å². The lowest BCUT2D eigenvalue weighted by Gasteiger charge is -2.18. The second kappa shape index (κ2) is 7.83. The molecular weight excluding hydrogens is 333 g/mol. The molecule has 2 aromatic heterocycles. The second-order valence-corrected chi connectivity index (χ2v) is 7.85. The van der Waals surface area contributed by atoms with Crippen LogP contribution in [0.1, 0.15) is 33.7 Å². The van der Waals surface area contributed by atoms with E-state index in [1.807, 2.05) is 27.7 Å². The zero-order valence-electron chi connectivity index (χ0n) is 14.2. The number of nitrogens with one attached hydrogen (secondary N) is 1. The maximum Gasteiger partial charge on any atom is 0.510 e. The Kier molecular flexibility index (Phi) is 6.04. The molecule has 0 amide bonds. The molecule has 0 spiro atoms. The van der Waals surface area contributed by atoms with Crippen LogP contribution in [0.2, 0.25) is 0 Å². The van der Waals surface area contributed by atoms with Crippen molar-refractivity contribution in [3.05, 3.63) is 16.7 Å². The number of ether oxygens (including phenoxy) is 1. The predicted octanol–water partition coefficient (Wildman–Crippen LogP) is 1.84.